The van der Waals surface area contributed by atoms with E-state index in [1.165, 1.54) is 0 Å². The molecule has 0 aromatic carbocycles. The number of aliphatic hydroxyl groups is 1. The van der Waals surface area contributed by atoms with E-state index in [-0.39, 0.29) is 6.10 Å². The van der Waals surface area contributed by atoms with Crippen LogP contribution in [0.2, 0.25) is 0 Å². The maximum Gasteiger partial charge on any atom is 0.0602 e. The van der Waals surface area contributed by atoms with Gasteiger partial charge in [0.2, 0.25) is 0 Å². The molecule has 0 aliphatic heterocycles. The summed E-state index contributed by atoms with van der Waals surface area (Å²) < 4.78 is 0. The van der Waals surface area contributed by atoms with E-state index in [2.05, 4.69) is 19.1 Å². The van der Waals surface area contributed by atoms with E-state index in [0.717, 1.165) is 25.7 Å². The van der Waals surface area contributed by atoms with Crippen LogP contribution in [0.4, 0.5) is 0 Å². The zero-order chi connectivity index (χ0) is 7.40. The molecule has 2 atom stereocenters. The first-order valence-electron chi connectivity index (χ1n) is 4.19. The molecule has 1 rings (SSSR count). The molecule has 1 nitrogen and oxygen atoms in total. The van der Waals surface area contributed by atoms with E-state index >= 15 is 0 Å². The lowest BCUT2D eigenvalue weighted by Gasteiger charge is -2.15. The molecular weight excluding hydrogens is 124 g/mol. The van der Waals surface area contributed by atoms with Gasteiger partial charge >= 0.3 is 0 Å². The molecule has 0 heterocycles. The summed E-state index contributed by atoms with van der Waals surface area (Å²) in [6, 6.07) is 0. The van der Waals surface area contributed by atoms with Crippen LogP contribution in [0.1, 0.15) is 32.6 Å². The van der Waals surface area contributed by atoms with E-state index in [9.17, 15) is 5.11 Å². The molecule has 0 saturated carbocycles. The van der Waals surface area contributed by atoms with Crippen molar-refractivity contribution < 1.29 is 5.11 Å². The van der Waals surface area contributed by atoms with Crippen molar-refractivity contribution in [3.63, 3.8) is 0 Å². The second kappa shape index (κ2) is 3.77. The van der Waals surface area contributed by atoms with Crippen molar-refractivity contribution >= 4 is 0 Å². The first-order valence-corrected chi connectivity index (χ1v) is 4.19. The molecule has 0 amide bonds. The zero-order valence-electron chi connectivity index (χ0n) is 6.59. The highest BCUT2D eigenvalue weighted by Crippen LogP contribution is 2.19. The second-order valence-electron chi connectivity index (χ2n) is 3.00. The fraction of sp³-hybridized carbons (Fsp3) is 0.778. The Labute approximate surface area is 62.8 Å². The summed E-state index contributed by atoms with van der Waals surface area (Å²) in [5, 5.41) is 9.50. The van der Waals surface area contributed by atoms with E-state index in [1.54, 1.807) is 0 Å². The van der Waals surface area contributed by atoms with Gasteiger partial charge in [-0.15, -0.1) is 0 Å². The molecule has 10 heavy (non-hydrogen) atoms. The minimum absolute atomic E-state index is 0.0799. The summed E-state index contributed by atoms with van der Waals surface area (Å²) in [5.74, 6) is 0.419. The molecule has 0 aromatic rings. The first-order chi connectivity index (χ1) is 4.84. The van der Waals surface area contributed by atoms with Crippen molar-refractivity contribution in [2.45, 2.75) is 38.7 Å². The zero-order valence-corrected chi connectivity index (χ0v) is 6.59. The predicted octanol–water partition coefficient (Wildman–Crippen LogP) is 2.11. The summed E-state index contributed by atoms with van der Waals surface area (Å²) in [7, 11) is 0. The lowest BCUT2D eigenvalue weighted by atomic mass is 9.98. The number of allylic oxidation sites excluding steroid dienone is 1. The highest BCUT2D eigenvalue weighted by molar-refractivity contribution is 4.94. The molecule has 0 spiro atoms. The Bertz CT molecular complexity index is 118. The van der Waals surface area contributed by atoms with Gasteiger partial charge in [0.1, 0.15) is 0 Å². The normalized spacial score (nSPS) is 33.8. The summed E-state index contributed by atoms with van der Waals surface area (Å²) in [5.41, 5.74) is 0. The van der Waals surface area contributed by atoms with Crippen molar-refractivity contribution in [2.24, 2.45) is 5.92 Å². The monoisotopic (exact) mass is 140 g/mol. The molecular formula is C9H16O. The van der Waals surface area contributed by atoms with Gasteiger partial charge in [0.25, 0.3) is 0 Å². The van der Waals surface area contributed by atoms with Gasteiger partial charge in [0.05, 0.1) is 6.10 Å². The van der Waals surface area contributed by atoms with Crippen molar-refractivity contribution in [3.8, 4) is 0 Å². The van der Waals surface area contributed by atoms with Gasteiger partial charge in [-0.1, -0.05) is 19.1 Å². The third-order valence-corrected chi connectivity index (χ3v) is 2.22. The first kappa shape index (κ1) is 7.80. The Kier molecular flexibility index (Phi) is 2.94. The maximum atomic E-state index is 9.50. The van der Waals surface area contributed by atoms with E-state index in [4.69, 9.17) is 0 Å². The van der Waals surface area contributed by atoms with Gasteiger partial charge in [-0.25, -0.2) is 0 Å². The fourth-order valence-electron chi connectivity index (χ4n) is 1.47. The highest BCUT2D eigenvalue weighted by atomic mass is 16.3. The van der Waals surface area contributed by atoms with Crippen LogP contribution in [0.3, 0.4) is 0 Å². The summed E-state index contributed by atoms with van der Waals surface area (Å²) in [6.07, 6.45) is 8.62. The largest absolute Gasteiger partial charge is 0.393 e. The van der Waals surface area contributed by atoms with Gasteiger partial charge in [-0.2, -0.15) is 0 Å². The quantitative estimate of drug-likeness (QED) is 0.553. The maximum absolute atomic E-state index is 9.50. The van der Waals surface area contributed by atoms with Crippen LogP contribution in [0, 0.1) is 5.92 Å². The Morgan fingerprint density at radius 1 is 1.60 bits per heavy atom. The van der Waals surface area contributed by atoms with Crippen LogP contribution >= 0.6 is 0 Å². The van der Waals surface area contributed by atoms with Crippen molar-refractivity contribution in [3.05, 3.63) is 12.2 Å². The Morgan fingerprint density at radius 3 is 3.10 bits per heavy atom. The lowest BCUT2D eigenvalue weighted by molar-refractivity contribution is 0.119. The molecule has 1 aliphatic rings. The molecule has 1 N–H and O–H groups in total. The third kappa shape index (κ3) is 1.84. The third-order valence-electron chi connectivity index (χ3n) is 2.22. The smallest absolute Gasteiger partial charge is 0.0602 e. The SMILES string of the molecule is CC[C@H]1C=CCCC[C@H]1O. The fourth-order valence-corrected chi connectivity index (χ4v) is 1.47. The summed E-state index contributed by atoms with van der Waals surface area (Å²) in [4.78, 5) is 0. The molecule has 0 fully saturated rings. The average Bonchev–Trinajstić information content (AvgIpc) is 2.13. The van der Waals surface area contributed by atoms with Crippen LogP contribution in [-0.2, 0) is 0 Å². The Morgan fingerprint density at radius 2 is 2.40 bits per heavy atom. The van der Waals surface area contributed by atoms with Gasteiger partial charge in [-0.3, -0.25) is 0 Å². The van der Waals surface area contributed by atoms with E-state index < -0.39 is 0 Å². The molecule has 1 aliphatic carbocycles. The molecule has 0 aromatic heterocycles. The second-order valence-corrected chi connectivity index (χ2v) is 3.00. The molecule has 0 saturated heterocycles. The molecule has 0 radical (unpaired) electrons. The number of aliphatic hydroxyl groups excluding tert-OH is 1. The van der Waals surface area contributed by atoms with Crippen LogP contribution in [0.5, 0.6) is 0 Å². The van der Waals surface area contributed by atoms with E-state index in [1.807, 2.05) is 0 Å². The topological polar surface area (TPSA) is 20.2 Å². The highest BCUT2D eigenvalue weighted by Gasteiger charge is 2.15. The number of hydrogen-bond acceptors (Lipinski definition) is 1. The standard InChI is InChI=1S/C9H16O/c1-2-8-6-4-3-5-7-9(8)10/h4,6,8-10H,2-3,5,7H2,1H3/t8-,9+/m0/s1. The van der Waals surface area contributed by atoms with Gasteiger partial charge in [-0.05, 0) is 25.7 Å². The van der Waals surface area contributed by atoms with Crippen LogP contribution in [0.25, 0.3) is 0 Å². The lowest BCUT2D eigenvalue weighted by Crippen LogP contribution is -2.16. The van der Waals surface area contributed by atoms with E-state index in [0.29, 0.717) is 5.92 Å². The van der Waals surface area contributed by atoms with Crippen LogP contribution in [-0.4, -0.2) is 11.2 Å². The predicted molar refractivity (Wildman–Crippen MR) is 42.8 cm³/mol. The molecule has 58 valence electrons. The van der Waals surface area contributed by atoms with Gasteiger partial charge in [0, 0.05) is 5.92 Å². The van der Waals surface area contributed by atoms with Crippen molar-refractivity contribution in [2.75, 3.05) is 0 Å². The Balaban J connectivity index is 2.48. The number of hydrogen-bond donors (Lipinski definition) is 1. The number of rotatable bonds is 1. The van der Waals surface area contributed by atoms with Gasteiger partial charge in [0.15, 0.2) is 0 Å². The summed E-state index contributed by atoms with van der Waals surface area (Å²) in [6.45, 7) is 2.13. The molecule has 0 bridgehead atoms. The van der Waals surface area contributed by atoms with Crippen molar-refractivity contribution in [1.29, 1.82) is 0 Å². The van der Waals surface area contributed by atoms with Crippen molar-refractivity contribution in [1.82, 2.24) is 0 Å². The minimum atomic E-state index is -0.0799. The molecule has 0 unspecified atom stereocenters. The van der Waals surface area contributed by atoms with Crippen LogP contribution in [0.15, 0.2) is 12.2 Å². The average molecular weight is 140 g/mol. The Hall–Kier alpha value is -0.300. The van der Waals surface area contributed by atoms with Gasteiger partial charge < -0.3 is 5.11 Å². The minimum Gasteiger partial charge on any atom is -0.393 e. The summed E-state index contributed by atoms with van der Waals surface area (Å²) >= 11 is 0. The molecule has 1 heteroatoms. The van der Waals surface area contributed by atoms with Crippen LogP contribution < -0.4 is 0 Å².